The van der Waals surface area contributed by atoms with Crippen LogP contribution < -0.4 is 25.7 Å². The number of benzene rings is 2. The molecule has 0 bridgehead atoms. The second-order valence-corrected chi connectivity index (χ2v) is 10.1. The van der Waals surface area contributed by atoms with Crippen molar-refractivity contribution in [2.45, 2.75) is 23.8 Å². The third kappa shape index (κ3) is 11.0. The van der Waals surface area contributed by atoms with Crippen molar-refractivity contribution in [1.82, 2.24) is 9.62 Å². The van der Waals surface area contributed by atoms with E-state index in [2.05, 4.69) is 9.71 Å². The number of guanidine groups is 1. The first kappa shape index (κ1) is 36.6. The lowest BCUT2D eigenvalue weighted by Gasteiger charge is -2.26. The maximum Gasteiger partial charge on any atom is 0.241 e. The van der Waals surface area contributed by atoms with Gasteiger partial charge in [-0.25, -0.2) is 8.42 Å². The molecule has 0 radical (unpaired) electrons. The summed E-state index contributed by atoms with van der Waals surface area (Å²) in [6.07, 6.45) is 0.353. The van der Waals surface area contributed by atoms with Gasteiger partial charge in [-0.15, -0.1) is 12.4 Å². The molecule has 14 nitrogen and oxygen atoms in total. The molecular weight excluding hydrogens is 589 g/mol. The molecule has 0 unspecified atom stereocenters. The van der Waals surface area contributed by atoms with E-state index in [0.29, 0.717) is 23.3 Å². The van der Waals surface area contributed by atoms with Gasteiger partial charge >= 0.3 is 0 Å². The van der Waals surface area contributed by atoms with E-state index < -0.39 is 33.8 Å². The highest BCUT2D eigenvalue weighted by molar-refractivity contribution is 7.89. The third-order valence-electron chi connectivity index (χ3n) is 5.36. The van der Waals surface area contributed by atoms with Crippen molar-refractivity contribution in [3.8, 4) is 11.5 Å². The van der Waals surface area contributed by atoms with Gasteiger partial charge in [0.15, 0.2) is 17.5 Å². The van der Waals surface area contributed by atoms with Crippen LogP contribution in [0, 0.1) is 10.8 Å². The van der Waals surface area contributed by atoms with Crippen molar-refractivity contribution >= 4 is 61.9 Å². The molecule has 2 rings (SSSR count). The van der Waals surface area contributed by atoms with Gasteiger partial charge in [-0.1, -0.05) is 6.07 Å². The van der Waals surface area contributed by atoms with Gasteiger partial charge in [0.1, 0.15) is 6.04 Å². The van der Waals surface area contributed by atoms with Crippen LogP contribution in [0.5, 0.6) is 11.5 Å². The maximum absolute atomic E-state index is 13.3. The van der Waals surface area contributed by atoms with Crippen molar-refractivity contribution in [1.29, 1.82) is 10.8 Å². The Kier molecular flexibility index (Phi) is 16.5. The van der Waals surface area contributed by atoms with Crippen LogP contribution in [0.15, 0.2) is 40.2 Å². The Bertz CT molecular complexity index is 1290. The SMILES string of the molecule is COCCN(CC(=O)Cl)C(=O)[C@H](CCCN=C(N)N)NS(=O)(=O)c1ccc2cc(OC)c(OC)cc2c1.Cl.N#N. The number of aliphatic imine (C=N–C) groups is 1. The molecule has 17 heteroatoms. The number of halogens is 2. The molecule has 0 saturated heterocycles. The van der Waals surface area contributed by atoms with E-state index in [1.54, 1.807) is 18.2 Å². The second kappa shape index (κ2) is 18.0. The van der Waals surface area contributed by atoms with E-state index in [1.807, 2.05) is 0 Å². The fourth-order valence-electron chi connectivity index (χ4n) is 3.55. The van der Waals surface area contributed by atoms with Gasteiger partial charge in [0, 0.05) is 31.0 Å². The summed E-state index contributed by atoms with van der Waals surface area (Å²) >= 11 is 5.52. The van der Waals surface area contributed by atoms with Crippen molar-refractivity contribution in [3.05, 3.63) is 30.3 Å². The van der Waals surface area contributed by atoms with E-state index in [1.165, 1.54) is 33.5 Å². The number of hydrogen-bond acceptors (Lipinski definition) is 10. The van der Waals surface area contributed by atoms with Gasteiger partial charge in [0.25, 0.3) is 0 Å². The van der Waals surface area contributed by atoms with E-state index in [4.69, 9.17) is 48.1 Å². The number of hydrogen-bond donors (Lipinski definition) is 3. The van der Waals surface area contributed by atoms with Crippen LogP contribution in [0.1, 0.15) is 12.8 Å². The summed E-state index contributed by atoms with van der Waals surface area (Å²) in [7, 11) is 0.246. The number of amides is 1. The minimum absolute atomic E-state index is 0. The van der Waals surface area contributed by atoms with Gasteiger partial charge in [0.2, 0.25) is 21.2 Å². The monoisotopic (exact) mass is 621 g/mol. The van der Waals surface area contributed by atoms with Crippen LogP contribution in [-0.2, 0) is 24.3 Å². The fourth-order valence-corrected chi connectivity index (χ4v) is 4.95. The van der Waals surface area contributed by atoms with Crippen molar-refractivity contribution in [2.24, 2.45) is 16.5 Å². The number of carbonyl (C=O) groups excluding carboxylic acids is 2. The van der Waals surface area contributed by atoms with E-state index in [-0.39, 0.29) is 49.4 Å². The van der Waals surface area contributed by atoms with E-state index in [0.717, 1.165) is 10.3 Å². The molecule has 1 amide bonds. The zero-order chi connectivity index (χ0) is 29.6. The standard InChI is InChI=1S/C23H32ClN5O7S.ClH.N2/c1-34-10-9-29(14-21(24)30)22(31)18(5-4-8-27-23(25)26)28-37(32,33)17-7-6-15-12-19(35-2)20(36-3)13-16(15)11-17;;1-2/h6-7,11-13,18,28H,4-5,8-10,14H2,1-3H3,(H4,25,26,27);1H;/t18-;;/m0../s1. The van der Waals surface area contributed by atoms with Gasteiger partial charge < -0.3 is 30.6 Å². The van der Waals surface area contributed by atoms with Crippen LogP contribution in [0.3, 0.4) is 0 Å². The van der Waals surface area contributed by atoms with Gasteiger partial charge in [0.05, 0.1) is 32.3 Å². The molecule has 0 saturated carbocycles. The first-order chi connectivity index (χ1) is 18.5. The molecule has 0 aromatic heterocycles. The molecule has 2 aromatic carbocycles. The Morgan fingerprint density at radius 2 is 1.68 bits per heavy atom. The first-order valence-electron chi connectivity index (χ1n) is 11.4. The normalized spacial score (nSPS) is 11.2. The molecule has 0 aliphatic rings. The number of rotatable bonds is 15. The Labute approximate surface area is 243 Å². The lowest BCUT2D eigenvalue weighted by molar-refractivity contribution is -0.136. The molecule has 0 fully saturated rings. The molecule has 222 valence electrons. The Hall–Kier alpha value is -3.42. The van der Waals surface area contributed by atoms with Crippen LogP contribution in [0.25, 0.3) is 10.8 Å². The van der Waals surface area contributed by atoms with Crippen molar-refractivity contribution < 1.29 is 32.2 Å². The van der Waals surface area contributed by atoms with Gasteiger partial charge in [-0.05, 0) is 59.5 Å². The third-order valence-corrected chi connectivity index (χ3v) is 6.95. The quantitative estimate of drug-likeness (QED) is 0.0843. The molecule has 1 atom stereocenters. The predicted octanol–water partition coefficient (Wildman–Crippen LogP) is 1.25. The number of ether oxygens (including phenoxy) is 3. The highest BCUT2D eigenvalue weighted by atomic mass is 35.5. The zero-order valence-corrected chi connectivity index (χ0v) is 24.6. The molecule has 5 N–H and O–H groups in total. The zero-order valence-electron chi connectivity index (χ0n) is 22.2. The number of methoxy groups -OCH3 is 3. The molecule has 40 heavy (non-hydrogen) atoms. The van der Waals surface area contributed by atoms with E-state index >= 15 is 0 Å². The first-order valence-corrected chi connectivity index (χ1v) is 13.3. The Morgan fingerprint density at radius 1 is 1.07 bits per heavy atom. The number of nitrogens with one attached hydrogen (secondary N) is 1. The molecule has 0 heterocycles. The summed E-state index contributed by atoms with van der Waals surface area (Å²) in [5, 5.41) is 12.5. The number of nitrogens with two attached hydrogens (primary N) is 2. The fraction of sp³-hybridized carbons (Fsp3) is 0.435. The summed E-state index contributed by atoms with van der Waals surface area (Å²) in [6, 6.07) is 6.68. The molecule has 0 aliphatic carbocycles. The smallest absolute Gasteiger partial charge is 0.241 e. The molecular formula is C23H33Cl2N7O7S. The van der Waals surface area contributed by atoms with E-state index in [9.17, 15) is 18.0 Å². The second-order valence-electron chi connectivity index (χ2n) is 7.95. The number of fused-ring (bicyclic) bond motifs is 1. The minimum atomic E-state index is -4.17. The lowest BCUT2D eigenvalue weighted by Crippen LogP contribution is -2.50. The summed E-state index contributed by atoms with van der Waals surface area (Å²) in [6.45, 7) is -0.0672. The van der Waals surface area contributed by atoms with Gasteiger partial charge in [-0.3, -0.25) is 14.6 Å². The van der Waals surface area contributed by atoms with Gasteiger partial charge in [-0.2, -0.15) is 4.72 Å². The van der Waals surface area contributed by atoms with Crippen molar-refractivity contribution in [3.63, 3.8) is 0 Å². The van der Waals surface area contributed by atoms with Crippen LogP contribution in [0.2, 0.25) is 0 Å². The molecule has 0 spiro atoms. The number of sulfonamides is 1. The highest BCUT2D eigenvalue weighted by Gasteiger charge is 2.30. The molecule has 0 aliphatic heterocycles. The largest absolute Gasteiger partial charge is 0.493 e. The summed E-state index contributed by atoms with van der Waals surface area (Å²) < 4.78 is 44.8. The van der Waals surface area contributed by atoms with Crippen molar-refractivity contribution in [2.75, 3.05) is 47.6 Å². The average Bonchev–Trinajstić information content (AvgIpc) is 2.91. The number of nitrogens with zero attached hydrogens (tertiary/aromatic N) is 4. The Morgan fingerprint density at radius 3 is 2.20 bits per heavy atom. The Balaban J connectivity index is 0.00000495. The predicted molar refractivity (Wildman–Crippen MR) is 151 cm³/mol. The summed E-state index contributed by atoms with van der Waals surface area (Å²) in [4.78, 5) is 29.8. The molecule has 2 aromatic rings. The topological polar surface area (TPSA) is 223 Å². The van der Waals surface area contributed by atoms with Crippen LogP contribution >= 0.6 is 24.0 Å². The number of carbonyl (C=O) groups is 2. The lowest BCUT2D eigenvalue weighted by atomic mass is 10.1. The maximum atomic E-state index is 13.3. The summed E-state index contributed by atoms with van der Waals surface area (Å²) in [5.41, 5.74) is 10.7. The minimum Gasteiger partial charge on any atom is -0.493 e. The van der Waals surface area contributed by atoms with Crippen LogP contribution in [0.4, 0.5) is 0 Å². The van der Waals surface area contributed by atoms with Crippen LogP contribution in [-0.4, -0.2) is 84.0 Å². The average molecular weight is 623 g/mol. The summed E-state index contributed by atoms with van der Waals surface area (Å²) in [5.74, 6) is 0.178. The highest BCUT2D eigenvalue weighted by Crippen LogP contribution is 2.33.